The van der Waals surface area contributed by atoms with E-state index in [1.165, 1.54) is 0 Å². The normalized spacial score (nSPS) is 9.67. The Morgan fingerprint density at radius 3 is 2.89 bits per heavy atom. The molecule has 0 fully saturated rings. The lowest BCUT2D eigenvalue weighted by molar-refractivity contribution is -0.142. The lowest BCUT2D eigenvalue weighted by Crippen LogP contribution is -2.22. The fourth-order valence-electron chi connectivity index (χ4n) is 1.55. The molecule has 0 spiro atoms. The minimum absolute atomic E-state index is 0.224. The summed E-state index contributed by atoms with van der Waals surface area (Å²) < 4.78 is 5.62. The van der Waals surface area contributed by atoms with Gasteiger partial charge in [0.25, 0.3) is 0 Å². The predicted molar refractivity (Wildman–Crippen MR) is 73.4 cm³/mol. The molecule has 18 heavy (non-hydrogen) atoms. The first kappa shape index (κ1) is 14.5. The van der Waals surface area contributed by atoms with Gasteiger partial charge < -0.3 is 9.64 Å². The number of ether oxygens (including phenoxy) is 1. The van der Waals surface area contributed by atoms with Crippen LogP contribution in [-0.4, -0.2) is 26.2 Å². The highest BCUT2D eigenvalue weighted by Crippen LogP contribution is 2.26. The minimum Gasteiger partial charge on any atom is -0.466 e. The summed E-state index contributed by atoms with van der Waals surface area (Å²) in [5, 5.41) is 9.11. The third-order valence-electron chi connectivity index (χ3n) is 2.47. The number of hydrogen-bond acceptors (Lipinski definition) is 4. The molecule has 0 saturated carbocycles. The highest BCUT2D eigenvalue weighted by Gasteiger charge is 2.11. The van der Waals surface area contributed by atoms with Crippen molar-refractivity contribution >= 4 is 27.6 Å². The molecule has 0 bridgehead atoms. The molecule has 0 N–H and O–H groups in total. The van der Waals surface area contributed by atoms with Crippen molar-refractivity contribution in [1.82, 2.24) is 0 Å². The highest BCUT2D eigenvalue weighted by molar-refractivity contribution is 9.10. The molecule has 0 heterocycles. The number of carbonyl (C=O) groups excluding carboxylic acids is 1. The van der Waals surface area contributed by atoms with E-state index in [-0.39, 0.29) is 5.97 Å². The third kappa shape index (κ3) is 3.74. The van der Waals surface area contributed by atoms with Crippen LogP contribution in [0.1, 0.15) is 18.9 Å². The van der Waals surface area contributed by atoms with Crippen LogP contribution in [0.25, 0.3) is 0 Å². The highest BCUT2D eigenvalue weighted by atomic mass is 79.9. The summed E-state index contributed by atoms with van der Waals surface area (Å²) in [4.78, 5) is 13.2. The molecular formula is C13H15BrN2O2. The van der Waals surface area contributed by atoms with Crippen LogP contribution in [0, 0.1) is 11.3 Å². The number of benzene rings is 1. The summed E-state index contributed by atoms with van der Waals surface area (Å²) in [6.07, 6.45) is 0.307. The number of rotatable bonds is 5. The van der Waals surface area contributed by atoms with Crippen LogP contribution in [0.5, 0.6) is 0 Å². The molecule has 0 unspecified atom stereocenters. The Morgan fingerprint density at radius 2 is 2.28 bits per heavy atom. The second kappa shape index (κ2) is 7.02. The van der Waals surface area contributed by atoms with Gasteiger partial charge in [-0.2, -0.15) is 5.26 Å². The van der Waals surface area contributed by atoms with Crippen molar-refractivity contribution in [1.29, 1.82) is 5.26 Å². The number of anilines is 1. The molecule has 0 aliphatic carbocycles. The maximum absolute atomic E-state index is 11.3. The van der Waals surface area contributed by atoms with Crippen molar-refractivity contribution in [3.05, 3.63) is 28.2 Å². The van der Waals surface area contributed by atoms with Crippen LogP contribution in [0.4, 0.5) is 5.69 Å². The second-order valence-electron chi connectivity index (χ2n) is 3.72. The predicted octanol–water partition coefficient (Wildman–Crippen LogP) is 2.71. The van der Waals surface area contributed by atoms with Gasteiger partial charge >= 0.3 is 5.97 Å². The van der Waals surface area contributed by atoms with Gasteiger partial charge in [0.05, 0.1) is 24.3 Å². The van der Waals surface area contributed by atoms with Crippen LogP contribution in [0.2, 0.25) is 0 Å². The van der Waals surface area contributed by atoms with Crippen LogP contribution < -0.4 is 4.90 Å². The van der Waals surface area contributed by atoms with Crippen molar-refractivity contribution in [3.8, 4) is 6.07 Å². The average Bonchev–Trinajstić information content (AvgIpc) is 2.36. The quantitative estimate of drug-likeness (QED) is 0.785. The van der Waals surface area contributed by atoms with E-state index >= 15 is 0 Å². The lowest BCUT2D eigenvalue weighted by Gasteiger charge is -2.20. The summed E-state index contributed by atoms with van der Waals surface area (Å²) in [5.41, 5.74) is 1.38. The summed E-state index contributed by atoms with van der Waals surface area (Å²) in [6.45, 7) is 2.69. The minimum atomic E-state index is -0.224. The van der Waals surface area contributed by atoms with E-state index in [4.69, 9.17) is 10.00 Å². The number of carbonyl (C=O) groups is 1. The van der Waals surface area contributed by atoms with E-state index in [9.17, 15) is 4.79 Å². The second-order valence-corrected chi connectivity index (χ2v) is 4.58. The van der Waals surface area contributed by atoms with Crippen molar-refractivity contribution in [2.45, 2.75) is 13.3 Å². The topological polar surface area (TPSA) is 53.3 Å². The Kier molecular flexibility index (Phi) is 5.66. The maximum atomic E-state index is 11.3. The number of halogens is 1. The molecule has 0 saturated heterocycles. The van der Waals surface area contributed by atoms with E-state index in [2.05, 4.69) is 22.0 Å². The lowest BCUT2D eigenvalue weighted by atomic mass is 10.2. The summed E-state index contributed by atoms with van der Waals surface area (Å²) in [6, 6.07) is 7.69. The van der Waals surface area contributed by atoms with Gasteiger partial charge in [-0.15, -0.1) is 0 Å². The van der Waals surface area contributed by atoms with Gasteiger partial charge in [-0.05, 0) is 35.0 Å². The summed E-state index contributed by atoms with van der Waals surface area (Å²) in [5.74, 6) is -0.224. The van der Waals surface area contributed by atoms with E-state index < -0.39 is 0 Å². The zero-order valence-electron chi connectivity index (χ0n) is 10.4. The monoisotopic (exact) mass is 310 g/mol. The molecule has 0 amide bonds. The van der Waals surface area contributed by atoms with Gasteiger partial charge in [0.15, 0.2) is 0 Å². The van der Waals surface area contributed by atoms with E-state index in [0.717, 1.165) is 10.2 Å². The average molecular weight is 311 g/mol. The Balaban J connectivity index is 2.73. The Hall–Kier alpha value is -1.54. The van der Waals surface area contributed by atoms with Crippen LogP contribution in [0.3, 0.4) is 0 Å². The number of nitrogens with zero attached hydrogens (tertiary/aromatic N) is 2. The van der Waals surface area contributed by atoms with Gasteiger partial charge in [0, 0.05) is 18.1 Å². The first-order valence-electron chi connectivity index (χ1n) is 5.65. The molecule has 0 radical (unpaired) electrons. The standard InChI is InChI=1S/C13H15BrN2O2/c1-3-18-13(17)7-8-16(2)12-6-4-5-11(14)10(12)9-15/h4-6H,3,7-8H2,1-2H3. The van der Waals surface area contributed by atoms with Gasteiger partial charge in [-0.1, -0.05) is 6.07 Å². The molecule has 1 rings (SSSR count). The van der Waals surface area contributed by atoms with Crippen LogP contribution in [-0.2, 0) is 9.53 Å². The van der Waals surface area contributed by atoms with Crippen molar-refractivity contribution in [2.75, 3.05) is 25.1 Å². The fraction of sp³-hybridized carbons (Fsp3) is 0.385. The maximum Gasteiger partial charge on any atom is 0.307 e. The number of esters is 1. The fourth-order valence-corrected chi connectivity index (χ4v) is 2.00. The third-order valence-corrected chi connectivity index (χ3v) is 3.13. The molecule has 5 heteroatoms. The van der Waals surface area contributed by atoms with Crippen molar-refractivity contribution < 1.29 is 9.53 Å². The van der Waals surface area contributed by atoms with Gasteiger partial charge in [0.1, 0.15) is 6.07 Å². The van der Waals surface area contributed by atoms with Gasteiger partial charge in [-0.3, -0.25) is 4.79 Å². The van der Waals surface area contributed by atoms with Crippen LogP contribution >= 0.6 is 15.9 Å². The molecule has 0 aliphatic rings. The van der Waals surface area contributed by atoms with E-state index in [0.29, 0.717) is 25.1 Å². The molecule has 0 atom stereocenters. The van der Waals surface area contributed by atoms with Crippen molar-refractivity contribution in [2.24, 2.45) is 0 Å². The van der Waals surface area contributed by atoms with Gasteiger partial charge in [-0.25, -0.2) is 0 Å². The van der Waals surface area contributed by atoms with Crippen molar-refractivity contribution in [3.63, 3.8) is 0 Å². The SMILES string of the molecule is CCOC(=O)CCN(C)c1cccc(Br)c1C#N. The number of nitriles is 1. The molecule has 1 aromatic rings. The molecule has 0 aliphatic heterocycles. The molecule has 1 aromatic carbocycles. The van der Waals surface area contributed by atoms with E-state index in [1.807, 2.05) is 30.1 Å². The van der Waals surface area contributed by atoms with E-state index in [1.54, 1.807) is 6.92 Å². The largest absolute Gasteiger partial charge is 0.466 e. The summed E-state index contributed by atoms with van der Waals surface area (Å²) >= 11 is 3.34. The summed E-state index contributed by atoms with van der Waals surface area (Å²) in [7, 11) is 1.85. The van der Waals surface area contributed by atoms with Crippen LogP contribution in [0.15, 0.2) is 22.7 Å². The Morgan fingerprint density at radius 1 is 1.56 bits per heavy atom. The molecular weight excluding hydrogens is 296 g/mol. The Bertz CT molecular complexity index is 469. The molecule has 4 nitrogen and oxygen atoms in total. The van der Waals surface area contributed by atoms with Gasteiger partial charge in [0.2, 0.25) is 0 Å². The Labute approximate surface area is 115 Å². The zero-order chi connectivity index (χ0) is 13.5. The first-order chi connectivity index (χ1) is 8.60. The smallest absolute Gasteiger partial charge is 0.307 e. The zero-order valence-corrected chi connectivity index (χ0v) is 12.0. The number of hydrogen-bond donors (Lipinski definition) is 0. The molecule has 0 aromatic heterocycles. The molecule has 96 valence electrons. The first-order valence-corrected chi connectivity index (χ1v) is 6.44.